The first-order chi connectivity index (χ1) is 13.5. The van der Waals surface area contributed by atoms with Crippen LogP contribution in [0, 0.1) is 11.8 Å². The Morgan fingerprint density at radius 1 is 1.11 bits per heavy atom. The number of fused-ring (bicyclic) bond motifs is 2. The molecule has 0 bridgehead atoms. The van der Waals surface area contributed by atoms with E-state index in [0.29, 0.717) is 17.4 Å². The third-order valence-electron chi connectivity index (χ3n) is 6.17. The fraction of sp³-hybridized carbons (Fsp3) is 0.522. The first-order valence-corrected chi connectivity index (χ1v) is 10.4. The first-order valence-electron chi connectivity index (χ1n) is 10.4. The number of benzene rings is 1. The number of aromatic nitrogens is 1. The maximum absolute atomic E-state index is 13.1. The average molecular weight is 380 g/mol. The number of ether oxygens (including phenoxy) is 1. The lowest BCUT2D eigenvalue weighted by atomic mass is 9.84. The summed E-state index contributed by atoms with van der Waals surface area (Å²) in [6.07, 6.45) is 4.82. The van der Waals surface area contributed by atoms with Crippen molar-refractivity contribution in [2.45, 2.75) is 46.0 Å². The molecule has 1 aliphatic carbocycles. The van der Waals surface area contributed by atoms with Crippen molar-refractivity contribution in [3.05, 3.63) is 41.1 Å². The highest BCUT2D eigenvalue weighted by molar-refractivity contribution is 6.05. The Morgan fingerprint density at radius 3 is 2.64 bits per heavy atom. The van der Waals surface area contributed by atoms with Gasteiger partial charge in [0, 0.05) is 24.2 Å². The number of piperidine rings is 1. The number of aryl methyl sites for hydroxylation is 1. The highest BCUT2D eigenvalue weighted by Gasteiger charge is 2.27. The Kier molecular flexibility index (Phi) is 5.33. The van der Waals surface area contributed by atoms with Crippen LogP contribution in [0.3, 0.4) is 0 Å². The average Bonchev–Trinajstić information content (AvgIpc) is 2.70. The zero-order valence-corrected chi connectivity index (χ0v) is 16.7. The number of carbonyl (C=O) groups is 2. The molecule has 5 heteroatoms. The first kappa shape index (κ1) is 18.9. The molecule has 28 heavy (non-hydrogen) atoms. The summed E-state index contributed by atoms with van der Waals surface area (Å²) in [4.78, 5) is 32.1. The van der Waals surface area contributed by atoms with E-state index in [9.17, 15) is 9.59 Å². The molecule has 1 fully saturated rings. The second kappa shape index (κ2) is 7.90. The van der Waals surface area contributed by atoms with E-state index in [-0.39, 0.29) is 12.5 Å². The van der Waals surface area contributed by atoms with Crippen LogP contribution in [0.25, 0.3) is 10.9 Å². The third kappa shape index (κ3) is 3.75. The molecule has 1 aromatic carbocycles. The number of amides is 1. The lowest BCUT2D eigenvalue weighted by Crippen LogP contribution is -2.40. The normalized spacial score (nSPS) is 20.1. The van der Waals surface area contributed by atoms with Gasteiger partial charge in [-0.1, -0.05) is 32.0 Å². The third-order valence-corrected chi connectivity index (χ3v) is 6.17. The van der Waals surface area contributed by atoms with Crippen LogP contribution in [0.15, 0.2) is 24.3 Å². The molecule has 2 heterocycles. The second-order valence-electron chi connectivity index (χ2n) is 8.42. The van der Waals surface area contributed by atoms with Crippen molar-refractivity contribution in [1.82, 2.24) is 9.88 Å². The molecule has 0 saturated carbocycles. The highest BCUT2D eigenvalue weighted by Crippen LogP contribution is 2.32. The maximum atomic E-state index is 13.1. The molecule has 1 atom stereocenters. The van der Waals surface area contributed by atoms with Crippen molar-refractivity contribution in [1.29, 1.82) is 0 Å². The van der Waals surface area contributed by atoms with Crippen LogP contribution < -0.4 is 0 Å². The van der Waals surface area contributed by atoms with Crippen LogP contribution in [-0.2, 0) is 22.4 Å². The van der Waals surface area contributed by atoms with E-state index in [1.165, 1.54) is 0 Å². The van der Waals surface area contributed by atoms with Gasteiger partial charge in [-0.05, 0) is 55.6 Å². The van der Waals surface area contributed by atoms with Crippen LogP contribution in [0.4, 0.5) is 0 Å². The molecule has 148 valence electrons. The number of likely N-dealkylation sites (tertiary alicyclic amines) is 1. The lowest BCUT2D eigenvalue weighted by Gasteiger charge is -2.30. The summed E-state index contributed by atoms with van der Waals surface area (Å²) in [6.45, 7) is 5.73. The number of pyridine rings is 1. The lowest BCUT2D eigenvalue weighted by molar-refractivity contribution is -0.135. The van der Waals surface area contributed by atoms with Gasteiger partial charge in [-0.25, -0.2) is 4.79 Å². The van der Waals surface area contributed by atoms with E-state index in [2.05, 4.69) is 13.8 Å². The van der Waals surface area contributed by atoms with Gasteiger partial charge >= 0.3 is 5.97 Å². The zero-order valence-electron chi connectivity index (χ0n) is 16.7. The molecular weight excluding hydrogens is 352 g/mol. The summed E-state index contributed by atoms with van der Waals surface area (Å²) in [7, 11) is 0. The maximum Gasteiger partial charge on any atom is 0.339 e. The Bertz CT molecular complexity index is 900. The topological polar surface area (TPSA) is 59.5 Å². The Morgan fingerprint density at radius 2 is 1.86 bits per heavy atom. The molecule has 0 radical (unpaired) electrons. The van der Waals surface area contributed by atoms with Gasteiger partial charge in [-0.15, -0.1) is 0 Å². The summed E-state index contributed by atoms with van der Waals surface area (Å²) in [5.74, 6) is 0.672. The smallest absolute Gasteiger partial charge is 0.339 e. The largest absolute Gasteiger partial charge is 0.452 e. The molecule has 1 amide bonds. The summed E-state index contributed by atoms with van der Waals surface area (Å²) < 4.78 is 5.52. The fourth-order valence-electron chi connectivity index (χ4n) is 4.34. The Hall–Kier alpha value is -2.43. The number of rotatable bonds is 3. The Labute approximate surface area is 166 Å². The van der Waals surface area contributed by atoms with Crippen molar-refractivity contribution in [3.63, 3.8) is 0 Å². The molecule has 2 aliphatic rings. The zero-order chi connectivity index (χ0) is 19.7. The SMILES string of the molecule is CC1CCN(C(=O)COC(=O)c2c3c(nc4ccccc24)CC[C@@H](C)C3)CC1. The fourth-order valence-corrected chi connectivity index (χ4v) is 4.34. The molecule has 4 rings (SSSR count). The summed E-state index contributed by atoms with van der Waals surface area (Å²) in [5, 5.41) is 0.819. The van der Waals surface area contributed by atoms with Crippen molar-refractivity contribution >= 4 is 22.8 Å². The van der Waals surface area contributed by atoms with Gasteiger partial charge in [0.05, 0.1) is 11.1 Å². The van der Waals surface area contributed by atoms with Gasteiger partial charge in [0.1, 0.15) is 0 Å². The van der Waals surface area contributed by atoms with E-state index >= 15 is 0 Å². The van der Waals surface area contributed by atoms with Crippen molar-refractivity contribution in [3.8, 4) is 0 Å². The van der Waals surface area contributed by atoms with Gasteiger partial charge in [0.25, 0.3) is 5.91 Å². The predicted molar refractivity (Wildman–Crippen MR) is 108 cm³/mol. The van der Waals surface area contributed by atoms with Gasteiger partial charge in [-0.2, -0.15) is 0 Å². The van der Waals surface area contributed by atoms with E-state index in [1.807, 2.05) is 29.2 Å². The number of nitrogens with zero attached hydrogens (tertiary/aromatic N) is 2. The van der Waals surface area contributed by atoms with Gasteiger partial charge in [0.2, 0.25) is 0 Å². The van der Waals surface area contributed by atoms with Crippen LogP contribution >= 0.6 is 0 Å². The number of esters is 1. The predicted octanol–water partition coefficient (Wildman–Crippen LogP) is 3.77. The summed E-state index contributed by atoms with van der Waals surface area (Å²) >= 11 is 0. The van der Waals surface area contributed by atoms with Crippen LogP contribution in [0.2, 0.25) is 0 Å². The standard InChI is InChI=1S/C23H28N2O3/c1-15-9-11-25(12-10-15)21(26)14-28-23(27)22-17-5-3-4-6-19(17)24-20-8-7-16(2)13-18(20)22/h3-6,15-16H,7-14H2,1-2H3/t16-/m1/s1. The summed E-state index contributed by atoms with van der Waals surface area (Å²) in [5.41, 5.74) is 3.42. The minimum atomic E-state index is -0.400. The van der Waals surface area contributed by atoms with Crippen molar-refractivity contribution in [2.75, 3.05) is 19.7 Å². The molecular formula is C23H28N2O3. The van der Waals surface area contributed by atoms with Crippen molar-refractivity contribution < 1.29 is 14.3 Å². The molecule has 0 N–H and O–H groups in total. The van der Waals surface area contributed by atoms with Crippen LogP contribution in [-0.4, -0.2) is 41.5 Å². The van der Waals surface area contributed by atoms with E-state index in [4.69, 9.17) is 9.72 Å². The molecule has 0 spiro atoms. The monoisotopic (exact) mass is 380 g/mol. The number of hydrogen-bond acceptors (Lipinski definition) is 4. The second-order valence-corrected chi connectivity index (χ2v) is 8.42. The number of carbonyl (C=O) groups excluding carboxylic acids is 2. The van der Waals surface area contributed by atoms with Gasteiger partial charge in [-0.3, -0.25) is 9.78 Å². The van der Waals surface area contributed by atoms with E-state index in [0.717, 1.165) is 67.4 Å². The van der Waals surface area contributed by atoms with Gasteiger partial charge in [0.15, 0.2) is 6.61 Å². The van der Waals surface area contributed by atoms with E-state index in [1.54, 1.807) is 0 Å². The Balaban J connectivity index is 1.57. The molecule has 2 aromatic rings. The van der Waals surface area contributed by atoms with Gasteiger partial charge < -0.3 is 9.64 Å². The quantitative estimate of drug-likeness (QED) is 0.761. The number of hydrogen-bond donors (Lipinski definition) is 0. The molecule has 1 aromatic heterocycles. The minimum absolute atomic E-state index is 0.0964. The molecule has 0 unspecified atom stereocenters. The van der Waals surface area contributed by atoms with E-state index < -0.39 is 5.97 Å². The summed E-state index contributed by atoms with van der Waals surface area (Å²) in [6, 6.07) is 7.71. The molecule has 1 saturated heterocycles. The van der Waals surface area contributed by atoms with Crippen LogP contribution in [0.1, 0.15) is 54.7 Å². The highest BCUT2D eigenvalue weighted by atomic mass is 16.5. The molecule has 1 aliphatic heterocycles. The number of para-hydroxylation sites is 1. The minimum Gasteiger partial charge on any atom is -0.452 e. The van der Waals surface area contributed by atoms with Crippen LogP contribution in [0.5, 0.6) is 0 Å². The van der Waals surface area contributed by atoms with Crippen molar-refractivity contribution in [2.24, 2.45) is 11.8 Å². The molecule has 5 nitrogen and oxygen atoms in total.